The summed E-state index contributed by atoms with van der Waals surface area (Å²) in [6.07, 6.45) is 10.5. The number of carbonyl (C=O) groups is 1. The molecule has 6 nitrogen and oxygen atoms in total. The van der Waals surface area contributed by atoms with E-state index in [2.05, 4.69) is 27.1 Å². The highest BCUT2D eigenvalue weighted by Crippen LogP contribution is 2.44. The lowest BCUT2D eigenvalue weighted by molar-refractivity contribution is -0.133. The molecule has 3 heterocycles. The van der Waals surface area contributed by atoms with Crippen molar-refractivity contribution >= 4 is 5.91 Å². The Balaban J connectivity index is 1.35. The van der Waals surface area contributed by atoms with Crippen molar-refractivity contribution < 1.29 is 4.79 Å². The molecule has 2 aliphatic rings. The number of rotatable bonds is 4. The highest BCUT2D eigenvalue weighted by Gasteiger charge is 2.44. The fourth-order valence-electron chi connectivity index (χ4n) is 4.97. The molecule has 3 aromatic rings. The summed E-state index contributed by atoms with van der Waals surface area (Å²) in [4.78, 5) is 24.7. The minimum absolute atomic E-state index is 0.0298. The van der Waals surface area contributed by atoms with E-state index in [9.17, 15) is 4.79 Å². The number of amides is 1. The number of benzene rings is 1. The molecule has 1 aliphatic carbocycles. The molecule has 1 aromatic carbocycles. The lowest BCUT2D eigenvalue weighted by Gasteiger charge is -2.40. The van der Waals surface area contributed by atoms with Gasteiger partial charge in [-0.3, -0.25) is 9.48 Å². The number of hydrogen-bond acceptors (Lipinski definition) is 4. The summed E-state index contributed by atoms with van der Waals surface area (Å²) in [5, 5.41) is 4.30. The topological polar surface area (TPSA) is 63.9 Å². The number of piperidine rings is 1. The molecular formula is C24H27N5O. The van der Waals surface area contributed by atoms with Crippen LogP contribution in [0.1, 0.15) is 42.5 Å². The van der Waals surface area contributed by atoms with Gasteiger partial charge in [-0.05, 0) is 43.7 Å². The molecule has 1 unspecified atom stereocenters. The van der Waals surface area contributed by atoms with E-state index in [0.29, 0.717) is 13.0 Å². The average molecular weight is 402 g/mol. The third-order valence-electron chi connectivity index (χ3n) is 6.52. The maximum absolute atomic E-state index is 13.0. The molecule has 1 amide bonds. The van der Waals surface area contributed by atoms with Crippen LogP contribution in [0.15, 0.2) is 48.9 Å². The molecule has 5 rings (SSSR count). The lowest BCUT2D eigenvalue weighted by atomic mass is 9.77. The standard InChI is InChI=1S/C24H27N5O/c1-18-14-26-29(16-18)13-9-21(30)28-12-5-10-24(17-28)11-8-20-15-25-23(27-22(20)24)19-6-3-2-4-7-19/h2-4,6-7,14-16H,5,8-13,17H2,1H3. The van der Waals surface area contributed by atoms with E-state index in [-0.39, 0.29) is 11.3 Å². The monoisotopic (exact) mass is 401 g/mol. The second-order valence-electron chi connectivity index (χ2n) is 8.66. The molecule has 0 N–H and O–H groups in total. The van der Waals surface area contributed by atoms with Gasteiger partial charge in [-0.2, -0.15) is 5.10 Å². The Labute approximate surface area is 177 Å². The van der Waals surface area contributed by atoms with E-state index in [4.69, 9.17) is 4.98 Å². The molecule has 0 radical (unpaired) electrons. The molecule has 154 valence electrons. The second kappa shape index (κ2) is 7.67. The van der Waals surface area contributed by atoms with Gasteiger partial charge in [0.1, 0.15) is 0 Å². The normalized spacial score (nSPS) is 20.5. The molecule has 1 fully saturated rings. The number of likely N-dealkylation sites (tertiary alicyclic amines) is 1. The number of carbonyl (C=O) groups excluding carboxylic acids is 1. The molecular weight excluding hydrogens is 374 g/mol. The summed E-state index contributed by atoms with van der Waals surface area (Å²) in [6, 6.07) is 10.1. The van der Waals surface area contributed by atoms with Crippen molar-refractivity contribution in [3.63, 3.8) is 0 Å². The van der Waals surface area contributed by atoms with Crippen LogP contribution in [-0.4, -0.2) is 43.6 Å². The van der Waals surface area contributed by atoms with E-state index in [1.807, 2.05) is 48.4 Å². The molecule has 2 aromatic heterocycles. The van der Waals surface area contributed by atoms with Gasteiger partial charge in [0.05, 0.1) is 11.9 Å². The fraction of sp³-hybridized carbons (Fsp3) is 0.417. The molecule has 1 atom stereocenters. The van der Waals surface area contributed by atoms with Gasteiger partial charge in [0.25, 0.3) is 0 Å². The van der Waals surface area contributed by atoms with Gasteiger partial charge in [-0.25, -0.2) is 9.97 Å². The Bertz CT molecular complexity index is 1060. The van der Waals surface area contributed by atoms with Crippen LogP contribution >= 0.6 is 0 Å². The molecule has 0 saturated carbocycles. The zero-order valence-corrected chi connectivity index (χ0v) is 17.4. The quantitative estimate of drug-likeness (QED) is 0.671. The Morgan fingerprint density at radius 3 is 2.83 bits per heavy atom. The van der Waals surface area contributed by atoms with Crippen LogP contribution in [0.4, 0.5) is 0 Å². The van der Waals surface area contributed by atoms with Crippen molar-refractivity contribution in [2.75, 3.05) is 13.1 Å². The van der Waals surface area contributed by atoms with Gasteiger partial charge >= 0.3 is 0 Å². The van der Waals surface area contributed by atoms with E-state index in [0.717, 1.165) is 61.4 Å². The Hall–Kier alpha value is -3.02. The number of hydrogen-bond donors (Lipinski definition) is 0. The lowest BCUT2D eigenvalue weighted by Crippen LogP contribution is -2.48. The van der Waals surface area contributed by atoms with E-state index >= 15 is 0 Å². The van der Waals surface area contributed by atoms with Crippen LogP contribution in [0.3, 0.4) is 0 Å². The van der Waals surface area contributed by atoms with Gasteiger partial charge in [-0.1, -0.05) is 30.3 Å². The van der Waals surface area contributed by atoms with Gasteiger partial charge in [-0.15, -0.1) is 0 Å². The average Bonchev–Trinajstić information content (AvgIpc) is 3.36. The summed E-state index contributed by atoms with van der Waals surface area (Å²) < 4.78 is 1.86. The predicted molar refractivity (Wildman–Crippen MR) is 115 cm³/mol. The van der Waals surface area contributed by atoms with E-state index in [1.54, 1.807) is 0 Å². The first-order valence-electron chi connectivity index (χ1n) is 10.8. The van der Waals surface area contributed by atoms with Crippen LogP contribution in [0.25, 0.3) is 11.4 Å². The van der Waals surface area contributed by atoms with Crippen LogP contribution < -0.4 is 0 Å². The van der Waals surface area contributed by atoms with Crippen LogP contribution in [0, 0.1) is 6.92 Å². The summed E-state index contributed by atoms with van der Waals surface area (Å²) in [5.41, 5.74) is 4.54. The summed E-state index contributed by atoms with van der Waals surface area (Å²) in [7, 11) is 0. The maximum atomic E-state index is 13.0. The van der Waals surface area contributed by atoms with Gasteiger partial charge in [0.15, 0.2) is 5.82 Å². The van der Waals surface area contributed by atoms with Crippen molar-refractivity contribution in [3.8, 4) is 11.4 Å². The third kappa shape index (κ3) is 3.51. The van der Waals surface area contributed by atoms with E-state index in [1.165, 1.54) is 5.56 Å². The van der Waals surface area contributed by atoms with Crippen molar-refractivity contribution in [1.29, 1.82) is 0 Å². The highest BCUT2D eigenvalue weighted by atomic mass is 16.2. The van der Waals surface area contributed by atoms with Crippen LogP contribution in [0.5, 0.6) is 0 Å². The first-order chi connectivity index (χ1) is 14.6. The molecule has 6 heteroatoms. The number of aromatic nitrogens is 4. The first kappa shape index (κ1) is 19.0. The van der Waals surface area contributed by atoms with Gasteiger partial charge < -0.3 is 4.90 Å². The Morgan fingerprint density at radius 1 is 1.17 bits per heavy atom. The smallest absolute Gasteiger partial charge is 0.224 e. The maximum Gasteiger partial charge on any atom is 0.224 e. The summed E-state index contributed by atoms with van der Waals surface area (Å²) >= 11 is 0. The van der Waals surface area contributed by atoms with Gasteiger partial charge in [0, 0.05) is 49.4 Å². The summed E-state index contributed by atoms with van der Waals surface area (Å²) in [5.74, 6) is 1.00. The van der Waals surface area contributed by atoms with Crippen molar-refractivity contribution in [2.24, 2.45) is 0 Å². The largest absolute Gasteiger partial charge is 0.342 e. The fourth-order valence-corrected chi connectivity index (χ4v) is 4.97. The number of fused-ring (bicyclic) bond motifs is 2. The zero-order valence-electron chi connectivity index (χ0n) is 17.4. The van der Waals surface area contributed by atoms with E-state index < -0.39 is 0 Å². The molecule has 1 aliphatic heterocycles. The zero-order chi connectivity index (χ0) is 20.6. The van der Waals surface area contributed by atoms with Crippen LogP contribution in [0.2, 0.25) is 0 Å². The minimum Gasteiger partial charge on any atom is -0.342 e. The van der Waals surface area contributed by atoms with Gasteiger partial charge in [0.2, 0.25) is 5.91 Å². The van der Waals surface area contributed by atoms with Crippen molar-refractivity contribution in [1.82, 2.24) is 24.6 Å². The SMILES string of the molecule is Cc1cnn(CCC(=O)N2CCCC3(CCc4cnc(-c5ccccc5)nc43)C2)c1. The molecule has 1 saturated heterocycles. The summed E-state index contributed by atoms with van der Waals surface area (Å²) in [6.45, 7) is 4.25. The van der Waals surface area contributed by atoms with Crippen molar-refractivity contribution in [2.45, 2.75) is 51.0 Å². The van der Waals surface area contributed by atoms with Crippen LogP contribution in [-0.2, 0) is 23.2 Å². The first-order valence-corrected chi connectivity index (χ1v) is 10.8. The number of nitrogens with zero attached hydrogens (tertiary/aromatic N) is 5. The molecule has 1 spiro atoms. The third-order valence-corrected chi connectivity index (χ3v) is 6.52. The molecule has 0 bridgehead atoms. The Kier molecular flexibility index (Phi) is 4.85. The minimum atomic E-state index is -0.0298. The number of aryl methyl sites for hydroxylation is 3. The molecule has 30 heavy (non-hydrogen) atoms. The highest BCUT2D eigenvalue weighted by molar-refractivity contribution is 5.76. The second-order valence-corrected chi connectivity index (χ2v) is 8.66. The Morgan fingerprint density at radius 2 is 2.03 bits per heavy atom. The predicted octanol–water partition coefficient (Wildman–Crippen LogP) is 3.55. The van der Waals surface area contributed by atoms with Crippen molar-refractivity contribution in [3.05, 3.63) is 65.7 Å².